The second kappa shape index (κ2) is 4.89. The highest BCUT2D eigenvalue weighted by molar-refractivity contribution is 7.05. The Morgan fingerprint density at radius 2 is 2.00 bits per heavy atom. The van der Waals surface area contributed by atoms with Gasteiger partial charge in [-0.05, 0) is 23.5 Å². The average molecular weight is 251 g/mol. The number of nitrogens with two attached hydrogens (primary N) is 1. The van der Waals surface area contributed by atoms with E-state index >= 15 is 0 Å². The minimum atomic E-state index is -0.492. The molecule has 90 valence electrons. The van der Waals surface area contributed by atoms with E-state index in [2.05, 4.69) is 9.59 Å². The summed E-state index contributed by atoms with van der Waals surface area (Å²) in [6, 6.07) is 6.05. The molecule has 0 bridgehead atoms. The van der Waals surface area contributed by atoms with Crippen LogP contribution in [-0.2, 0) is 0 Å². The maximum atomic E-state index is 13.6. The molecule has 0 saturated heterocycles. The zero-order valence-electron chi connectivity index (χ0n) is 9.72. The van der Waals surface area contributed by atoms with Gasteiger partial charge in [0.2, 0.25) is 0 Å². The molecule has 5 heteroatoms. The van der Waals surface area contributed by atoms with Crippen LogP contribution in [0, 0.1) is 5.82 Å². The van der Waals surface area contributed by atoms with Crippen molar-refractivity contribution in [2.75, 3.05) is 0 Å². The van der Waals surface area contributed by atoms with Gasteiger partial charge in [-0.2, -0.15) is 0 Å². The number of benzene rings is 1. The first-order chi connectivity index (χ1) is 8.11. The summed E-state index contributed by atoms with van der Waals surface area (Å²) in [6.07, 6.45) is 0. The zero-order chi connectivity index (χ0) is 12.4. The molecule has 1 aromatic heterocycles. The molecule has 2 N–H and O–H groups in total. The second-order valence-corrected chi connectivity index (χ2v) is 4.96. The van der Waals surface area contributed by atoms with Crippen LogP contribution in [0.25, 0.3) is 0 Å². The molecular weight excluding hydrogens is 237 g/mol. The summed E-state index contributed by atoms with van der Waals surface area (Å²) < 4.78 is 17.6. The van der Waals surface area contributed by atoms with Crippen LogP contribution in [0.5, 0.6) is 0 Å². The van der Waals surface area contributed by atoms with Crippen LogP contribution in [0.4, 0.5) is 4.39 Å². The van der Waals surface area contributed by atoms with Crippen molar-refractivity contribution in [2.24, 2.45) is 5.73 Å². The number of hydrogen-bond donors (Lipinski definition) is 1. The Kier molecular flexibility index (Phi) is 3.49. The molecule has 2 rings (SSSR count). The molecule has 17 heavy (non-hydrogen) atoms. The lowest BCUT2D eigenvalue weighted by Crippen LogP contribution is -2.14. The molecule has 0 aliphatic heterocycles. The average Bonchev–Trinajstić information content (AvgIpc) is 2.77. The molecule has 0 spiro atoms. The Bertz CT molecular complexity index is 510. The van der Waals surface area contributed by atoms with Crippen LogP contribution < -0.4 is 5.73 Å². The first kappa shape index (κ1) is 12.1. The van der Waals surface area contributed by atoms with E-state index in [0.717, 1.165) is 10.6 Å². The van der Waals surface area contributed by atoms with Crippen LogP contribution in [0.15, 0.2) is 24.3 Å². The van der Waals surface area contributed by atoms with Crippen molar-refractivity contribution >= 4 is 11.5 Å². The van der Waals surface area contributed by atoms with Crippen molar-refractivity contribution in [1.82, 2.24) is 9.59 Å². The van der Waals surface area contributed by atoms with Gasteiger partial charge in [0.15, 0.2) is 0 Å². The Labute approximate surface area is 104 Å². The van der Waals surface area contributed by atoms with Gasteiger partial charge in [-0.25, -0.2) is 4.39 Å². The predicted octanol–water partition coefficient (Wildman–Crippen LogP) is 2.85. The van der Waals surface area contributed by atoms with Gasteiger partial charge in [0.1, 0.15) is 5.82 Å². The van der Waals surface area contributed by atoms with Crippen LogP contribution in [-0.4, -0.2) is 9.59 Å². The minimum Gasteiger partial charge on any atom is -0.319 e. The summed E-state index contributed by atoms with van der Waals surface area (Å²) in [4.78, 5) is 0.838. The Morgan fingerprint density at radius 3 is 2.65 bits per heavy atom. The fourth-order valence-corrected chi connectivity index (χ4v) is 2.52. The van der Waals surface area contributed by atoms with Crippen molar-refractivity contribution in [1.29, 1.82) is 0 Å². The summed E-state index contributed by atoms with van der Waals surface area (Å²) in [6.45, 7) is 4.04. The fraction of sp³-hybridized carbons (Fsp3) is 0.333. The number of nitrogens with zero attached hydrogens (tertiary/aromatic N) is 2. The van der Waals surface area contributed by atoms with Gasteiger partial charge in [0.25, 0.3) is 0 Å². The molecule has 2 aromatic rings. The SMILES string of the molecule is CC(C)c1nnsc1C(N)c1ccccc1F. The second-order valence-electron chi connectivity index (χ2n) is 4.18. The van der Waals surface area contributed by atoms with Gasteiger partial charge in [0, 0.05) is 5.56 Å². The van der Waals surface area contributed by atoms with Crippen molar-refractivity contribution in [3.05, 3.63) is 46.2 Å². The van der Waals surface area contributed by atoms with Gasteiger partial charge >= 0.3 is 0 Å². The van der Waals surface area contributed by atoms with E-state index in [4.69, 9.17) is 5.73 Å². The molecule has 0 radical (unpaired) electrons. The van der Waals surface area contributed by atoms with Crippen LogP contribution in [0.2, 0.25) is 0 Å². The molecule has 1 unspecified atom stereocenters. The maximum Gasteiger partial charge on any atom is 0.128 e. The van der Waals surface area contributed by atoms with Crippen LogP contribution in [0.3, 0.4) is 0 Å². The van der Waals surface area contributed by atoms with Crippen LogP contribution in [0.1, 0.15) is 41.9 Å². The Hall–Kier alpha value is -1.33. The molecule has 0 aliphatic rings. The highest BCUT2D eigenvalue weighted by atomic mass is 32.1. The summed E-state index contributed by atoms with van der Waals surface area (Å²) in [5.41, 5.74) is 7.43. The molecule has 0 fully saturated rings. The lowest BCUT2D eigenvalue weighted by atomic mass is 10.0. The van der Waals surface area contributed by atoms with Crippen molar-refractivity contribution in [3.63, 3.8) is 0 Å². The predicted molar refractivity (Wildman–Crippen MR) is 66.4 cm³/mol. The third kappa shape index (κ3) is 2.35. The highest BCUT2D eigenvalue weighted by Crippen LogP contribution is 2.29. The van der Waals surface area contributed by atoms with Crippen molar-refractivity contribution in [3.8, 4) is 0 Å². The van der Waals surface area contributed by atoms with Gasteiger partial charge in [0.05, 0.1) is 16.6 Å². The van der Waals surface area contributed by atoms with E-state index < -0.39 is 6.04 Å². The van der Waals surface area contributed by atoms with E-state index in [1.165, 1.54) is 17.6 Å². The fourth-order valence-electron chi connectivity index (χ4n) is 1.69. The molecule has 0 aliphatic carbocycles. The van der Waals surface area contributed by atoms with Crippen molar-refractivity contribution in [2.45, 2.75) is 25.8 Å². The van der Waals surface area contributed by atoms with E-state index in [0.29, 0.717) is 5.56 Å². The lowest BCUT2D eigenvalue weighted by molar-refractivity contribution is 0.599. The number of halogens is 1. The molecule has 1 atom stereocenters. The maximum absolute atomic E-state index is 13.6. The topological polar surface area (TPSA) is 51.8 Å². The summed E-state index contributed by atoms with van der Waals surface area (Å²) >= 11 is 1.24. The summed E-state index contributed by atoms with van der Waals surface area (Å²) in [5.74, 6) is -0.0512. The Balaban J connectivity index is 2.41. The van der Waals surface area contributed by atoms with Gasteiger partial charge in [-0.15, -0.1) is 5.10 Å². The number of rotatable bonds is 3. The normalized spacial score (nSPS) is 13.0. The molecule has 3 nitrogen and oxygen atoms in total. The first-order valence-corrected chi connectivity index (χ1v) is 6.20. The van der Waals surface area contributed by atoms with Crippen LogP contribution >= 0.6 is 11.5 Å². The first-order valence-electron chi connectivity index (χ1n) is 5.43. The largest absolute Gasteiger partial charge is 0.319 e. The smallest absolute Gasteiger partial charge is 0.128 e. The van der Waals surface area contributed by atoms with Gasteiger partial charge < -0.3 is 5.73 Å². The van der Waals surface area contributed by atoms with E-state index in [1.807, 2.05) is 13.8 Å². The summed E-state index contributed by atoms with van der Waals surface area (Å²) in [5, 5.41) is 4.06. The number of hydrogen-bond acceptors (Lipinski definition) is 4. The zero-order valence-corrected chi connectivity index (χ0v) is 10.5. The van der Waals surface area contributed by atoms with Gasteiger partial charge in [-0.3, -0.25) is 0 Å². The summed E-state index contributed by atoms with van der Waals surface area (Å²) in [7, 11) is 0. The molecular formula is C12H14FN3S. The minimum absolute atomic E-state index is 0.238. The standard InChI is InChI=1S/C12H14FN3S/c1-7(2)11-12(17-16-15-11)10(14)8-5-3-4-6-9(8)13/h3-7,10H,14H2,1-2H3. The lowest BCUT2D eigenvalue weighted by Gasteiger charge is -2.13. The van der Waals surface area contributed by atoms with E-state index in [-0.39, 0.29) is 11.7 Å². The molecule has 1 aromatic carbocycles. The monoisotopic (exact) mass is 251 g/mol. The molecule has 1 heterocycles. The third-order valence-corrected chi connectivity index (χ3v) is 3.43. The van der Waals surface area contributed by atoms with E-state index in [9.17, 15) is 4.39 Å². The molecule has 0 amide bonds. The van der Waals surface area contributed by atoms with Gasteiger partial charge in [-0.1, -0.05) is 36.5 Å². The number of aromatic nitrogens is 2. The highest BCUT2D eigenvalue weighted by Gasteiger charge is 2.21. The third-order valence-electron chi connectivity index (χ3n) is 2.61. The quantitative estimate of drug-likeness (QED) is 0.912. The Morgan fingerprint density at radius 1 is 1.29 bits per heavy atom. The van der Waals surface area contributed by atoms with Crippen molar-refractivity contribution < 1.29 is 4.39 Å². The molecule has 0 saturated carbocycles. The van der Waals surface area contributed by atoms with E-state index in [1.54, 1.807) is 18.2 Å².